The summed E-state index contributed by atoms with van der Waals surface area (Å²) in [5.74, 6) is -1.87. The van der Waals surface area contributed by atoms with E-state index >= 15 is 0 Å². The number of nitrogens with zero attached hydrogens (tertiary/aromatic N) is 1. The van der Waals surface area contributed by atoms with Gasteiger partial charge in [-0.25, -0.2) is 0 Å². The second kappa shape index (κ2) is 12.0. The summed E-state index contributed by atoms with van der Waals surface area (Å²) in [6, 6.07) is 11.0. The smallest absolute Gasteiger partial charge is 0.393 e. The number of amides is 1. The van der Waals surface area contributed by atoms with Gasteiger partial charge in [-0.1, -0.05) is 30.3 Å². The van der Waals surface area contributed by atoms with Gasteiger partial charge >= 0.3 is 12.4 Å². The SMILES string of the molecule is CC(C(=O)NC1(c2ccccc2)CCC(N2CCC3(CC2)CC(O)CCO3)CC1)c1cc(C(F)(F)F)cc(C(F)(F)F)c1. The molecule has 0 bridgehead atoms. The van der Waals surface area contributed by atoms with Gasteiger partial charge in [-0.3, -0.25) is 4.79 Å². The number of alkyl halides is 6. The number of carbonyl (C=O) groups excluding carboxylic acids is 1. The molecule has 5 nitrogen and oxygen atoms in total. The van der Waals surface area contributed by atoms with Crippen LogP contribution in [0.3, 0.4) is 0 Å². The van der Waals surface area contributed by atoms with E-state index in [4.69, 9.17) is 4.74 Å². The van der Waals surface area contributed by atoms with Crippen LogP contribution in [0.25, 0.3) is 0 Å². The van der Waals surface area contributed by atoms with E-state index in [1.54, 1.807) is 0 Å². The summed E-state index contributed by atoms with van der Waals surface area (Å²) < 4.78 is 87.0. The van der Waals surface area contributed by atoms with Crippen LogP contribution in [0.15, 0.2) is 48.5 Å². The van der Waals surface area contributed by atoms with Gasteiger partial charge in [-0.15, -0.1) is 0 Å². The first kappa shape index (κ1) is 31.8. The molecule has 2 aromatic carbocycles. The predicted octanol–water partition coefficient (Wildman–Crippen LogP) is 6.79. The Morgan fingerprint density at radius 3 is 2.05 bits per heavy atom. The van der Waals surface area contributed by atoms with Gasteiger partial charge in [0.05, 0.1) is 34.3 Å². The molecule has 2 saturated heterocycles. The third-order valence-corrected chi connectivity index (χ3v) is 9.69. The number of hydrogen-bond acceptors (Lipinski definition) is 4. The highest BCUT2D eigenvalue weighted by Gasteiger charge is 2.45. The highest BCUT2D eigenvalue weighted by atomic mass is 19.4. The minimum Gasteiger partial charge on any atom is -0.393 e. The number of carbonyl (C=O) groups is 1. The number of hydrogen-bond donors (Lipinski definition) is 2. The van der Waals surface area contributed by atoms with Crippen molar-refractivity contribution in [2.24, 2.45) is 0 Å². The number of rotatable bonds is 5. The van der Waals surface area contributed by atoms with E-state index in [1.807, 2.05) is 30.3 Å². The molecule has 1 spiro atoms. The molecule has 1 amide bonds. The second-order valence-electron chi connectivity index (χ2n) is 12.4. The molecule has 2 aromatic rings. The number of likely N-dealkylation sites (tertiary alicyclic amines) is 1. The van der Waals surface area contributed by atoms with Crippen LogP contribution in [0.1, 0.15) is 86.5 Å². The number of aliphatic hydroxyl groups is 1. The van der Waals surface area contributed by atoms with Gasteiger partial charge in [0, 0.05) is 32.2 Å². The van der Waals surface area contributed by atoms with E-state index in [2.05, 4.69) is 10.2 Å². The molecule has 11 heteroatoms. The second-order valence-corrected chi connectivity index (χ2v) is 12.4. The average Bonchev–Trinajstić information content (AvgIpc) is 2.97. The summed E-state index contributed by atoms with van der Waals surface area (Å²) in [6.07, 6.45) is -4.63. The normalized spacial score (nSPS) is 27.5. The molecule has 0 aromatic heterocycles. The molecule has 3 aliphatic rings. The maximum Gasteiger partial charge on any atom is 0.416 e. The Balaban J connectivity index is 1.31. The van der Waals surface area contributed by atoms with Crippen molar-refractivity contribution in [3.63, 3.8) is 0 Å². The van der Waals surface area contributed by atoms with Gasteiger partial charge in [0.15, 0.2) is 0 Å². The summed E-state index contributed by atoms with van der Waals surface area (Å²) in [5.41, 5.74) is -3.43. The van der Waals surface area contributed by atoms with Gasteiger partial charge < -0.3 is 20.1 Å². The first-order valence-electron chi connectivity index (χ1n) is 14.9. The standard InChI is InChI=1S/C32H38F6N2O3/c1-21(22-17-24(31(33,34)35)19-25(18-22)32(36,37)38)28(42)39-30(23-5-3-2-4-6-23)10-7-26(8-11-30)40-14-12-29(13-15-40)20-27(41)9-16-43-29/h2-6,17-19,21,26-27,41H,7-16,20H2,1H3,(H,39,42). The van der Waals surface area contributed by atoms with Gasteiger partial charge in [-0.2, -0.15) is 26.3 Å². The largest absolute Gasteiger partial charge is 0.416 e. The third-order valence-electron chi connectivity index (χ3n) is 9.69. The maximum absolute atomic E-state index is 13.6. The number of halogens is 6. The lowest BCUT2D eigenvalue weighted by Gasteiger charge is -2.49. The number of ether oxygens (including phenoxy) is 1. The van der Waals surface area contributed by atoms with Crippen molar-refractivity contribution in [3.05, 3.63) is 70.8 Å². The summed E-state index contributed by atoms with van der Waals surface area (Å²) in [7, 11) is 0. The number of nitrogens with one attached hydrogen (secondary N) is 1. The quantitative estimate of drug-likeness (QED) is 0.365. The van der Waals surface area contributed by atoms with Gasteiger partial charge in [0.2, 0.25) is 5.91 Å². The van der Waals surface area contributed by atoms with Crippen LogP contribution in [0.4, 0.5) is 26.3 Å². The van der Waals surface area contributed by atoms with E-state index in [-0.39, 0.29) is 29.4 Å². The van der Waals surface area contributed by atoms with Gasteiger partial charge in [-0.05, 0) is 81.2 Å². The van der Waals surface area contributed by atoms with Crippen LogP contribution in [0.2, 0.25) is 0 Å². The van der Waals surface area contributed by atoms with Crippen molar-refractivity contribution < 1.29 is 41.0 Å². The Bertz CT molecular complexity index is 1230. The molecule has 43 heavy (non-hydrogen) atoms. The summed E-state index contributed by atoms with van der Waals surface area (Å²) in [6.45, 7) is 3.59. The fourth-order valence-electron chi connectivity index (χ4n) is 7.07. The van der Waals surface area contributed by atoms with Crippen LogP contribution in [0, 0.1) is 0 Å². The Hall–Kier alpha value is -2.63. The molecule has 2 unspecified atom stereocenters. The Morgan fingerprint density at radius 2 is 1.51 bits per heavy atom. The molecule has 1 saturated carbocycles. The topological polar surface area (TPSA) is 61.8 Å². The molecule has 3 fully saturated rings. The van der Waals surface area contributed by atoms with Gasteiger partial charge in [0.1, 0.15) is 0 Å². The first-order valence-corrected chi connectivity index (χ1v) is 14.9. The van der Waals surface area contributed by atoms with Crippen LogP contribution < -0.4 is 5.32 Å². The zero-order valence-corrected chi connectivity index (χ0v) is 24.1. The monoisotopic (exact) mass is 612 g/mol. The molecule has 1 aliphatic carbocycles. The van der Waals surface area contributed by atoms with Crippen molar-refractivity contribution in [1.82, 2.24) is 10.2 Å². The average molecular weight is 613 g/mol. The zero-order valence-electron chi connectivity index (χ0n) is 24.1. The number of piperidine rings is 1. The van der Waals surface area contributed by atoms with Crippen molar-refractivity contribution in [3.8, 4) is 0 Å². The highest BCUT2D eigenvalue weighted by Crippen LogP contribution is 2.43. The summed E-state index contributed by atoms with van der Waals surface area (Å²) in [4.78, 5) is 16.0. The fraction of sp³-hybridized carbons (Fsp3) is 0.594. The minimum atomic E-state index is -4.99. The Kier molecular flexibility index (Phi) is 8.90. The highest BCUT2D eigenvalue weighted by molar-refractivity contribution is 5.84. The van der Waals surface area contributed by atoms with Crippen molar-refractivity contribution in [1.29, 1.82) is 0 Å². The Morgan fingerprint density at radius 1 is 0.930 bits per heavy atom. The zero-order chi connectivity index (χ0) is 31.0. The van der Waals surface area contributed by atoms with E-state index in [0.717, 1.165) is 44.3 Å². The molecule has 236 valence electrons. The number of benzene rings is 2. The Labute approximate surface area is 247 Å². The maximum atomic E-state index is 13.6. The molecule has 2 heterocycles. The van der Waals surface area contributed by atoms with Crippen molar-refractivity contribution in [2.45, 2.75) is 99.8 Å². The predicted molar refractivity (Wildman–Crippen MR) is 148 cm³/mol. The molecule has 2 N–H and O–H groups in total. The number of aliphatic hydroxyl groups excluding tert-OH is 1. The molecule has 2 aliphatic heterocycles. The van der Waals surface area contributed by atoms with Gasteiger partial charge in [0.25, 0.3) is 0 Å². The van der Waals surface area contributed by atoms with E-state index in [9.17, 15) is 36.2 Å². The first-order chi connectivity index (χ1) is 20.2. The minimum absolute atomic E-state index is 0.0752. The lowest BCUT2D eigenvalue weighted by atomic mass is 9.73. The van der Waals surface area contributed by atoms with Crippen molar-refractivity contribution in [2.75, 3.05) is 19.7 Å². The van der Waals surface area contributed by atoms with Crippen molar-refractivity contribution >= 4 is 5.91 Å². The molecule has 2 atom stereocenters. The third kappa shape index (κ3) is 7.04. The lowest BCUT2D eigenvalue weighted by molar-refractivity contribution is -0.147. The summed E-state index contributed by atoms with van der Waals surface area (Å²) >= 11 is 0. The summed E-state index contributed by atoms with van der Waals surface area (Å²) in [5, 5.41) is 13.2. The molecule has 5 rings (SSSR count). The van der Waals surface area contributed by atoms with E-state index in [0.29, 0.717) is 44.4 Å². The van der Waals surface area contributed by atoms with Crippen LogP contribution in [-0.4, -0.2) is 53.4 Å². The molecular weight excluding hydrogens is 574 g/mol. The van der Waals surface area contributed by atoms with E-state index < -0.39 is 40.8 Å². The van der Waals surface area contributed by atoms with E-state index in [1.165, 1.54) is 6.92 Å². The van der Waals surface area contributed by atoms with Crippen LogP contribution >= 0.6 is 0 Å². The lowest BCUT2D eigenvalue weighted by Crippen LogP contribution is -2.55. The van der Waals surface area contributed by atoms with Crippen LogP contribution in [-0.2, 0) is 27.4 Å². The molecule has 0 radical (unpaired) electrons. The van der Waals surface area contributed by atoms with Crippen LogP contribution in [0.5, 0.6) is 0 Å². The molecular formula is C32H38F6N2O3. The fourth-order valence-corrected chi connectivity index (χ4v) is 7.07.